The Morgan fingerprint density at radius 3 is 2.50 bits per heavy atom. The van der Waals surface area contributed by atoms with Crippen molar-refractivity contribution < 1.29 is 14.7 Å². The molecule has 20 heavy (non-hydrogen) atoms. The van der Waals surface area contributed by atoms with Crippen LogP contribution in [-0.4, -0.2) is 23.0 Å². The minimum atomic E-state index is -0.824. The number of carbonyl (C=O) groups is 2. The highest BCUT2D eigenvalue weighted by molar-refractivity contribution is 5.78. The average Bonchev–Trinajstić information content (AvgIpc) is 2.97. The first-order valence-electron chi connectivity index (χ1n) is 7.45. The minimum Gasteiger partial charge on any atom is -0.481 e. The van der Waals surface area contributed by atoms with Crippen molar-refractivity contribution >= 4 is 11.9 Å². The molecule has 5 nitrogen and oxygen atoms in total. The van der Waals surface area contributed by atoms with E-state index < -0.39 is 5.97 Å². The van der Waals surface area contributed by atoms with Crippen LogP contribution in [0.15, 0.2) is 0 Å². The second kappa shape index (κ2) is 6.25. The Hall–Kier alpha value is -1.57. The van der Waals surface area contributed by atoms with E-state index in [1.807, 2.05) is 0 Å². The lowest BCUT2D eigenvalue weighted by Crippen LogP contribution is -2.39. The molecule has 0 bridgehead atoms. The number of aliphatic carboxylic acids is 1. The summed E-state index contributed by atoms with van der Waals surface area (Å²) in [4.78, 5) is 23.2. The number of rotatable bonds is 5. The van der Waals surface area contributed by atoms with Gasteiger partial charge < -0.3 is 10.4 Å². The fourth-order valence-electron chi connectivity index (χ4n) is 3.75. The molecular weight excluding hydrogens is 256 g/mol. The third-order valence-electron chi connectivity index (χ3n) is 4.75. The third-order valence-corrected chi connectivity index (χ3v) is 4.75. The summed E-state index contributed by atoms with van der Waals surface area (Å²) >= 11 is 0. The number of nitrogens with zero attached hydrogens (tertiary/aromatic N) is 1. The van der Waals surface area contributed by atoms with Gasteiger partial charge in [0.05, 0.1) is 18.4 Å². The molecule has 0 spiro atoms. The Kier molecular flexibility index (Phi) is 4.64. The Labute approximate surface area is 119 Å². The van der Waals surface area contributed by atoms with Crippen molar-refractivity contribution in [1.82, 2.24) is 5.32 Å². The fraction of sp³-hybridized carbons (Fsp3) is 0.800. The molecule has 0 aliphatic heterocycles. The van der Waals surface area contributed by atoms with Gasteiger partial charge in [0.1, 0.15) is 0 Å². The molecule has 0 aromatic rings. The molecule has 2 unspecified atom stereocenters. The number of hydrogen-bond donors (Lipinski definition) is 2. The van der Waals surface area contributed by atoms with Crippen molar-refractivity contribution in [2.75, 3.05) is 0 Å². The van der Waals surface area contributed by atoms with Gasteiger partial charge in [-0.3, -0.25) is 9.59 Å². The molecule has 0 radical (unpaired) electrons. The van der Waals surface area contributed by atoms with E-state index in [1.54, 1.807) is 0 Å². The summed E-state index contributed by atoms with van der Waals surface area (Å²) in [5.74, 6) is -0.992. The summed E-state index contributed by atoms with van der Waals surface area (Å²) in [6.45, 7) is 0. The molecular formula is C15H22N2O3. The van der Waals surface area contributed by atoms with Crippen LogP contribution in [0.2, 0.25) is 0 Å². The molecule has 2 fully saturated rings. The zero-order valence-corrected chi connectivity index (χ0v) is 11.7. The molecule has 2 atom stereocenters. The van der Waals surface area contributed by atoms with Gasteiger partial charge in [-0.05, 0) is 37.5 Å². The maximum absolute atomic E-state index is 12.2. The molecule has 2 rings (SSSR count). The van der Waals surface area contributed by atoms with E-state index >= 15 is 0 Å². The van der Waals surface area contributed by atoms with Gasteiger partial charge in [-0.15, -0.1) is 0 Å². The topological polar surface area (TPSA) is 90.2 Å². The van der Waals surface area contributed by atoms with Crippen LogP contribution < -0.4 is 5.32 Å². The number of hydrogen-bond acceptors (Lipinski definition) is 3. The first-order chi connectivity index (χ1) is 9.54. The normalized spacial score (nSPS) is 27.9. The molecule has 0 heterocycles. The SMILES string of the molecule is N#CC1CCCC1NC(=O)CC1(CC(=O)O)CCCC1. The van der Waals surface area contributed by atoms with Crippen molar-refractivity contribution in [1.29, 1.82) is 5.26 Å². The zero-order chi connectivity index (χ0) is 14.6. The monoisotopic (exact) mass is 278 g/mol. The third kappa shape index (κ3) is 3.50. The Morgan fingerprint density at radius 2 is 1.90 bits per heavy atom. The van der Waals surface area contributed by atoms with Crippen molar-refractivity contribution in [3.05, 3.63) is 0 Å². The first-order valence-corrected chi connectivity index (χ1v) is 7.45. The van der Waals surface area contributed by atoms with Crippen molar-refractivity contribution in [3.8, 4) is 6.07 Å². The van der Waals surface area contributed by atoms with E-state index in [9.17, 15) is 9.59 Å². The van der Waals surface area contributed by atoms with E-state index in [1.165, 1.54) is 0 Å². The molecule has 2 aliphatic rings. The summed E-state index contributed by atoms with van der Waals surface area (Å²) in [6, 6.07) is 2.20. The number of amides is 1. The molecule has 0 aromatic carbocycles. The number of carboxylic acids is 1. The summed E-state index contributed by atoms with van der Waals surface area (Å²) in [6.07, 6.45) is 6.69. The largest absolute Gasteiger partial charge is 0.481 e. The fourth-order valence-corrected chi connectivity index (χ4v) is 3.75. The van der Waals surface area contributed by atoms with Gasteiger partial charge in [0.25, 0.3) is 0 Å². The van der Waals surface area contributed by atoms with E-state index in [0.29, 0.717) is 0 Å². The van der Waals surface area contributed by atoms with Gasteiger partial charge >= 0.3 is 5.97 Å². The molecule has 1 amide bonds. The molecule has 110 valence electrons. The summed E-state index contributed by atoms with van der Waals surface area (Å²) < 4.78 is 0. The average molecular weight is 278 g/mol. The number of carboxylic acid groups (broad SMARTS) is 1. The molecule has 2 saturated carbocycles. The highest BCUT2D eigenvalue weighted by Crippen LogP contribution is 2.44. The van der Waals surface area contributed by atoms with Gasteiger partial charge in [0, 0.05) is 12.5 Å². The van der Waals surface area contributed by atoms with Crippen LogP contribution in [-0.2, 0) is 9.59 Å². The Bertz CT molecular complexity index is 421. The second-order valence-corrected chi connectivity index (χ2v) is 6.29. The maximum Gasteiger partial charge on any atom is 0.303 e. The highest BCUT2D eigenvalue weighted by Gasteiger charge is 2.39. The molecule has 2 aliphatic carbocycles. The zero-order valence-electron chi connectivity index (χ0n) is 11.7. The van der Waals surface area contributed by atoms with E-state index in [0.717, 1.165) is 44.9 Å². The van der Waals surface area contributed by atoms with E-state index in [2.05, 4.69) is 11.4 Å². The van der Waals surface area contributed by atoms with Gasteiger partial charge in [0.2, 0.25) is 5.91 Å². The van der Waals surface area contributed by atoms with Gasteiger partial charge in [-0.25, -0.2) is 0 Å². The predicted octanol–water partition coefficient (Wildman–Crippen LogP) is 2.22. The number of carbonyl (C=O) groups excluding carboxylic acids is 1. The highest BCUT2D eigenvalue weighted by atomic mass is 16.4. The van der Waals surface area contributed by atoms with Crippen LogP contribution >= 0.6 is 0 Å². The van der Waals surface area contributed by atoms with Crippen LogP contribution in [0.1, 0.15) is 57.8 Å². The lowest BCUT2D eigenvalue weighted by atomic mass is 9.79. The van der Waals surface area contributed by atoms with Crippen molar-refractivity contribution in [2.24, 2.45) is 11.3 Å². The molecule has 0 saturated heterocycles. The maximum atomic E-state index is 12.2. The second-order valence-electron chi connectivity index (χ2n) is 6.29. The predicted molar refractivity (Wildman–Crippen MR) is 72.7 cm³/mol. The van der Waals surface area contributed by atoms with Crippen molar-refractivity contribution in [2.45, 2.75) is 63.8 Å². The van der Waals surface area contributed by atoms with Crippen LogP contribution in [0.5, 0.6) is 0 Å². The molecule has 2 N–H and O–H groups in total. The van der Waals surface area contributed by atoms with Crippen LogP contribution in [0.3, 0.4) is 0 Å². The van der Waals surface area contributed by atoms with E-state index in [-0.39, 0.29) is 36.1 Å². The number of nitriles is 1. The Morgan fingerprint density at radius 1 is 1.20 bits per heavy atom. The quantitative estimate of drug-likeness (QED) is 0.806. The smallest absolute Gasteiger partial charge is 0.303 e. The lowest BCUT2D eigenvalue weighted by Gasteiger charge is -2.27. The summed E-state index contributed by atoms with van der Waals surface area (Å²) in [7, 11) is 0. The minimum absolute atomic E-state index is 0.0456. The van der Waals surface area contributed by atoms with Gasteiger partial charge in [-0.1, -0.05) is 12.8 Å². The Balaban J connectivity index is 1.92. The van der Waals surface area contributed by atoms with Gasteiger partial charge in [0.15, 0.2) is 0 Å². The lowest BCUT2D eigenvalue weighted by molar-refractivity contribution is -0.140. The van der Waals surface area contributed by atoms with Crippen LogP contribution in [0.4, 0.5) is 0 Å². The van der Waals surface area contributed by atoms with Crippen LogP contribution in [0, 0.1) is 22.7 Å². The van der Waals surface area contributed by atoms with Crippen LogP contribution in [0.25, 0.3) is 0 Å². The number of nitrogens with one attached hydrogen (secondary N) is 1. The standard InChI is InChI=1S/C15H22N2O3/c16-10-11-4-3-5-12(11)17-13(18)8-15(9-14(19)20)6-1-2-7-15/h11-12H,1-9H2,(H,17,18)(H,19,20). The summed E-state index contributed by atoms with van der Waals surface area (Å²) in [5.41, 5.74) is -0.364. The molecule has 0 aromatic heterocycles. The summed E-state index contributed by atoms with van der Waals surface area (Å²) in [5, 5.41) is 21.0. The van der Waals surface area contributed by atoms with Gasteiger partial charge in [-0.2, -0.15) is 5.26 Å². The van der Waals surface area contributed by atoms with E-state index in [4.69, 9.17) is 10.4 Å². The van der Waals surface area contributed by atoms with Crippen molar-refractivity contribution in [3.63, 3.8) is 0 Å². The molecule has 5 heteroatoms. The first kappa shape index (κ1) is 14.8.